The summed E-state index contributed by atoms with van der Waals surface area (Å²) in [5, 5.41) is 11.1. The average molecular weight is 271 g/mol. The lowest BCUT2D eigenvalue weighted by atomic mass is 9.84. The topological polar surface area (TPSA) is 57.8 Å². The molecule has 1 aliphatic carbocycles. The fourth-order valence-electron chi connectivity index (χ4n) is 3.16. The Hall–Kier alpha value is -1.84. The third kappa shape index (κ3) is 2.55. The number of nitrogens with zero attached hydrogens (tertiary/aromatic N) is 1. The van der Waals surface area contributed by atoms with Crippen molar-refractivity contribution in [1.29, 1.82) is 0 Å². The molecule has 20 heavy (non-hydrogen) atoms. The molecule has 1 saturated carbocycles. The molecular weight excluding hydrogens is 250 g/mol. The number of carbonyl (C=O) groups excluding carboxylic acids is 1. The number of nitrogens with one attached hydrogen (secondary N) is 2. The lowest BCUT2D eigenvalue weighted by Crippen LogP contribution is -2.39. The maximum absolute atomic E-state index is 12.4. The van der Waals surface area contributed by atoms with Gasteiger partial charge in [0.05, 0.1) is 5.52 Å². The fraction of sp³-hybridized carbons (Fsp3) is 0.500. The minimum absolute atomic E-state index is 0.0690. The molecule has 0 aliphatic heterocycles. The standard InChI is InChI=1S/C16H21N3O/c1-11(12-7-3-2-4-8-12)17-16(20)15-13-9-5-6-10-14(13)18-19-15/h5-6,9-12H,2-4,7-8H2,1H3,(H,17,20)(H,18,19). The molecule has 0 saturated heterocycles. The van der Waals surface area contributed by atoms with Crippen molar-refractivity contribution in [2.24, 2.45) is 5.92 Å². The van der Waals surface area contributed by atoms with Crippen LogP contribution in [-0.2, 0) is 0 Å². The molecule has 4 nitrogen and oxygen atoms in total. The Balaban J connectivity index is 1.72. The maximum atomic E-state index is 12.4. The summed E-state index contributed by atoms with van der Waals surface area (Å²) in [4.78, 5) is 12.4. The van der Waals surface area contributed by atoms with Crippen LogP contribution in [0, 0.1) is 5.92 Å². The molecule has 1 fully saturated rings. The van der Waals surface area contributed by atoms with Gasteiger partial charge < -0.3 is 5.32 Å². The van der Waals surface area contributed by atoms with E-state index >= 15 is 0 Å². The van der Waals surface area contributed by atoms with Crippen LogP contribution in [0.15, 0.2) is 24.3 Å². The number of benzene rings is 1. The second-order valence-electron chi connectivity index (χ2n) is 5.78. The van der Waals surface area contributed by atoms with Crippen molar-refractivity contribution in [2.45, 2.75) is 45.1 Å². The number of hydrogen-bond donors (Lipinski definition) is 2. The van der Waals surface area contributed by atoms with Crippen LogP contribution in [0.25, 0.3) is 10.9 Å². The summed E-state index contributed by atoms with van der Waals surface area (Å²) in [6, 6.07) is 7.95. The van der Waals surface area contributed by atoms with Crippen molar-refractivity contribution in [1.82, 2.24) is 15.5 Å². The van der Waals surface area contributed by atoms with Crippen molar-refractivity contribution in [3.05, 3.63) is 30.0 Å². The van der Waals surface area contributed by atoms with Crippen molar-refractivity contribution in [3.8, 4) is 0 Å². The molecule has 1 heterocycles. The number of aromatic nitrogens is 2. The monoisotopic (exact) mass is 271 g/mol. The summed E-state index contributed by atoms with van der Waals surface area (Å²) in [6.07, 6.45) is 6.36. The summed E-state index contributed by atoms with van der Waals surface area (Å²) in [5.74, 6) is 0.540. The van der Waals surface area contributed by atoms with Gasteiger partial charge in [-0.25, -0.2) is 0 Å². The van der Waals surface area contributed by atoms with Crippen LogP contribution in [0.4, 0.5) is 0 Å². The molecule has 1 atom stereocenters. The number of carbonyl (C=O) groups is 1. The Morgan fingerprint density at radius 3 is 2.85 bits per heavy atom. The highest BCUT2D eigenvalue weighted by atomic mass is 16.2. The molecule has 0 spiro atoms. The first-order valence-electron chi connectivity index (χ1n) is 7.49. The number of hydrogen-bond acceptors (Lipinski definition) is 2. The normalized spacial score (nSPS) is 18.1. The molecule has 4 heteroatoms. The molecule has 1 aromatic heterocycles. The molecule has 0 bridgehead atoms. The predicted octanol–water partition coefficient (Wildman–Crippen LogP) is 3.26. The van der Waals surface area contributed by atoms with E-state index in [2.05, 4.69) is 22.4 Å². The second-order valence-corrected chi connectivity index (χ2v) is 5.78. The maximum Gasteiger partial charge on any atom is 0.272 e. The molecule has 0 radical (unpaired) electrons. The van der Waals surface area contributed by atoms with E-state index in [0.29, 0.717) is 11.6 Å². The summed E-state index contributed by atoms with van der Waals surface area (Å²) < 4.78 is 0. The molecular formula is C16H21N3O. The Bertz CT molecular complexity index is 599. The van der Waals surface area contributed by atoms with E-state index in [4.69, 9.17) is 0 Å². The fourth-order valence-corrected chi connectivity index (χ4v) is 3.16. The largest absolute Gasteiger partial charge is 0.348 e. The van der Waals surface area contributed by atoms with Gasteiger partial charge in [-0.2, -0.15) is 5.10 Å². The SMILES string of the molecule is CC(NC(=O)c1n[nH]c2ccccc12)C1CCCCC1. The van der Waals surface area contributed by atoms with Gasteiger partial charge in [0, 0.05) is 11.4 Å². The van der Waals surface area contributed by atoms with E-state index in [1.807, 2.05) is 24.3 Å². The Labute approximate surface area is 119 Å². The van der Waals surface area contributed by atoms with Gasteiger partial charge in [0.15, 0.2) is 5.69 Å². The van der Waals surface area contributed by atoms with E-state index in [1.54, 1.807) is 0 Å². The molecule has 1 unspecified atom stereocenters. The zero-order valence-electron chi connectivity index (χ0n) is 11.9. The lowest BCUT2D eigenvalue weighted by molar-refractivity contribution is 0.0916. The second kappa shape index (κ2) is 5.65. The predicted molar refractivity (Wildman–Crippen MR) is 79.6 cm³/mol. The van der Waals surface area contributed by atoms with Gasteiger partial charge in [-0.1, -0.05) is 37.5 Å². The van der Waals surface area contributed by atoms with Gasteiger partial charge in [0.1, 0.15) is 0 Å². The highest BCUT2D eigenvalue weighted by molar-refractivity contribution is 6.04. The van der Waals surface area contributed by atoms with Crippen LogP contribution in [0.2, 0.25) is 0 Å². The minimum Gasteiger partial charge on any atom is -0.348 e. The smallest absolute Gasteiger partial charge is 0.272 e. The number of H-pyrrole nitrogens is 1. The van der Waals surface area contributed by atoms with Crippen LogP contribution in [0.1, 0.15) is 49.5 Å². The molecule has 106 valence electrons. The van der Waals surface area contributed by atoms with Crippen LogP contribution < -0.4 is 5.32 Å². The Kier molecular flexibility index (Phi) is 3.72. The number of rotatable bonds is 3. The van der Waals surface area contributed by atoms with Crippen molar-refractivity contribution < 1.29 is 4.79 Å². The van der Waals surface area contributed by atoms with Gasteiger partial charge >= 0.3 is 0 Å². The molecule has 1 aliphatic rings. The van der Waals surface area contributed by atoms with Crippen LogP contribution in [0.3, 0.4) is 0 Å². The summed E-state index contributed by atoms with van der Waals surface area (Å²) in [5.41, 5.74) is 1.41. The minimum atomic E-state index is -0.0690. The summed E-state index contributed by atoms with van der Waals surface area (Å²) in [7, 11) is 0. The third-order valence-electron chi connectivity index (χ3n) is 4.40. The molecule has 2 aromatic rings. The molecule has 3 rings (SSSR count). The molecule has 2 N–H and O–H groups in total. The van der Waals surface area contributed by atoms with Gasteiger partial charge in [0.25, 0.3) is 5.91 Å². The van der Waals surface area contributed by atoms with E-state index in [0.717, 1.165) is 10.9 Å². The van der Waals surface area contributed by atoms with Gasteiger partial charge in [-0.15, -0.1) is 0 Å². The first-order valence-corrected chi connectivity index (χ1v) is 7.49. The number of para-hydroxylation sites is 1. The summed E-state index contributed by atoms with van der Waals surface area (Å²) in [6.45, 7) is 2.11. The molecule has 1 amide bonds. The highest BCUT2D eigenvalue weighted by Gasteiger charge is 2.23. The van der Waals surface area contributed by atoms with Crippen molar-refractivity contribution >= 4 is 16.8 Å². The highest BCUT2D eigenvalue weighted by Crippen LogP contribution is 2.26. The first-order chi connectivity index (χ1) is 9.75. The molecule has 1 aromatic carbocycles. The van der Waals surface area contributed by atoms with E-state index < -0.39 is 0 Å². The van der Waals surface area contributed by atoms with Crippen LogP contribution in [-0.4, -0.2) is 22.1 Å². The van der Waals surface area contributed by atoms with Gasteiger partial charge in [0.2, 0.25) is 0 Å². The van der Waals surface area contributed by atoms with Gasteiger partial charge in [-0.3, -0.25) is 9.89 Å². The van der Waals surface area contributed by atoms with E-state index in [9.17, 15) is 4.79 Å². The Morgan fingerprint density at radius 2 is 2.05 bits per heavy atom. The van der Waals surface area contributed by atoms with Crippen LogP contribution in [0.5, 0.6) is 0 Å². The number of amides is 1. The quantitative estimate of drug-likeness (QED) is 0.900. The van der Waals surface area contributed by atoms with Crippen molar-refractivity contribution in [3.63, 3.8) is 0 Å². The van der Waals surface area contributed by atoms with Crippen molar-refractivity contribution in [2.75, 3.05) is 0 Å². The zero-order valence-corrected chi connectivity index (χ0v) is 11.9. The van der Waals surface area contributed by atoms with E-state index in [-0.39, 0.29) is 11.9 Å². The van der Waals surface area contributed by atoms with Gasteiger partial charge in [-0.05, 0) is 31.7 Å². The first kappa shape index (κ1) is 13.2. The Morgan fingerprint density at radius 1 is 1.30 bits per heavy atom. The third-order valence-corrected chi connectivity index (χ3v) is 4.40. The van der Waals surface area contributed by atoms with Crippen LogP contribution >= 0.6 is 0 Å². The van der Waals surface area contributed by atoms with E-state index in [1.165, 1.54) is 32.1 Å². The number of aromatic amines is 1. The lowest BCUT2D eigenvalue weighted by Gasteiger charge is -2.28. The summed E-state index contributed by atoms with van der Waals surface area (Å²) >= 11 is 0. The average Bonchev–Trinajstić information content (AvgIpc) is 2.92. The zero-order chi connectivity index (χ0) is 13.9. The number of fused-ring (bicyclic) bond motifs is 1.